The Kier molecular flexibility index (Phi) is 3.75. The summed E-state index contributed by atoms with van der Waals surface area (Å²) >= 11 is 0. The highest BCUT2D eigenvalue weighted by molar-refractivity contribution is 5.92. The molecule has 24 heavy (non-hydrogen) atoms. The first kappa shape index (κ1) is 14.9. The highest BCUT2D eigenvalue weighted by Crippen LogP contribution is 2.27. The van der Waals surface area contributed by atoms with Crippen molar-refractivity contribution >= 4 is 22.7 Å². The van der Waals surface area contributed by atoms with Gasteiger partial charge in [-0.05, 0) is 24.6 Å². The van der Waals surface area contributed by atoms with E-state index in [0.29, 0.717) is 25.5 Å². The van der Waals surface area contributed by atoms with Crippen molar-refractivity contribution in [3.63, 3.8) is 0 Å². The molecular weight excluding hydrogens is 308 g/mol. The second kappa shape index (κ2) is 6.06. The highest BCUT2D eigenvalue weighted by atomic mass is 16.5. The fraction of sp³-hybridized carbons (Fsp3) is 0.312. The number of nitrogens with one attached hydrogen (secondary N) is 2. The summed E-state index contributed by atoms with van der Waals surface area (Å²) in [4.78, 5) is 8.61. The van der Waals surface area contributed by atoms with Gasteiger partial charge in [0, 0.05) is 23.8 Å². The Morgan fingerprint density at radius 2 is 2.21 bits per heavy atom. The summed E-state index contributed by atoms with van der Waals surface area (Å²) in [5.74, 6) is 0.779. The number of fused-ring (bicyclic) bond motifs is 1. The van der Waals surface area contributed by atoms with E-state index >= 15 is 0 Å². The van der Waals surface area contributed by atoms with Gasteiger partial charge in [-0.25, -0.2) is 4.98 Å². The number of anilines is 2. The molecule has 0 radical (unpaired) electrons. The van der Waals surface area contributed by atoms with Gasteiger partial charge in [0.15, 0.2) is 0 Å². The maximum atomic E-state index is 10.1. The van der Waals surface area contributed by atoms with Gasteiger partial charge in [-0.2, -0.15) is 10.1 Å². The average Bonchev–Trinajstić information content (AvgIpc) is 3.11. The van der Waals surface area contributed by atoms with Gasteiger partial charge >= 0.3 is 0 Å². The predicted molar refractivity (Wildman–Crippen MR) is 90.4 cm³/mol. The molecule has 3 aromatic rings. The lowest BCUT2D eigenvalue weighted by Crippen LogP contribution is -2.42. The lowest BCUT2D eigenvalue weighted by atomic mass is 10.1. The van der Waals surface area contributed by atoms with Crippen molar-refractivity contribution in [1.29, 1.82) is 0 Å². The van der Waals surface area contributed by atoms with Crippen molar-refractivity contribution in [1.82, 2.24) is 20.2 Å². The topological polar surface area (TPSA) is 122 Å². The maximum Gasteiger partial charge on any atom is 0.222 e. The van der Waals surface area contributed by atoms with Crippen LogP contribution >= 0.6 is 0 Å². The third-order valence-corrected chi connectivity index (χ3v) is 4.17. The van der Waals surface area contributed by atoms with Gasteiger partial charge in [-0.3, -0.25) is 5.10 Å². The van der Waals surface area contributed by atoms with Gasteiger partial charge in [-0.15, -0.1) is 0 Å². The summed E-state index contributed by atoms with van der Waals surface area (Å²) < 4.78 is 5.43. The monoisotopic (exact) mass is 326 g/mol. The van der Waals surface area contributed by atoms with Crippen LogP contribution in [-0.4, -0.2) is 50.6 Å². The van der Waals surface area contributed by atoms with Crippen molar-refractivity contribution in [2.75, 3.05) is 24.3 Å². The molecule has 2 atom stereocenters. The number of hydrogen-bond acceptors (Lipinski definition) is 7. The quantitative estimate of drug-likeness (QED) is 0.570. The summed E-state index contributed by atoms with van der Waals surface area (Å²) in [6.45, 7) is 0.998. The molecule has 4 rings (SSSR count). The number of aromatic nitrogens is 4. The molecule has 1 aliphatic heterocycles. The van der Waals surface area contributed by atoms with Crippen LogP contribution in [0, 0.1) is 0 Å². The van der Waals surface area contributed by atoms with Crippen molar-refractivity contribution < 1.29 is 9.84 Å². The van der Waals surface area contributed by atoms with E-state index in [1.54, 1.807) is 6.20 Å². The van der Waals surface area contributed by atoms with E-state index in [2.05, 4.69) is 25.5 Å². The maximum absolute atomic E-state index is 10.1. The number of nitrogens with zero attached hydrogens (tertiary/aromatic N) is 3. The molecule has 8 nitrogen and oxygen atoms in total. The Labute approximate surface area is 138 Å². The van der Waals surface area contributed by atoms with Crippen molar-refractivity contribution in [2.24, 2.45) is 0 Å². The van der Waals surface area contributed by atoms with Crippen LogP contribution in [0.15, 0.2) is 30.5 Å². The third-order valence-electron chi connectivity index (χ3n) is 4.17. The second-order valence-electron chi connectivity index (χ2n) is 5.81. The van der Waals surface area contributed by atoms with Crippen LogP contribution in [0.3, 0.4) is 0 Å². The van der Waals surface area contributed by atoms with Gasteiger partial charge in [0.2, 0.25) is 5.95 Å². The number of aromatic amines is 1. The molecule has 0 aliphatic carbocycles. The zero-order valence-electron chi connectivity index (χ0n) is 12.9. The minimum atomic E-state index is -0.478. The molecular formula is C16H18N6O2. The summed E-state index contributed by atoms with van der Waals surface area (Å²) in [6, 6.07) is 7.50. The third kappa shape index (κ3) is 2.77. The first-order valence-corrected chi connectivity index (χ1v) is 7.80. The number of hydrogen-bond donors (Lipinski definition) is 4. The number of aliphatic hydroxyl groups is 1. The van der Waals surface area contributed by atoms with Crippen LogP contribution in [0.25, 0.3) is 22.2 Å². The number of nitrogens with two attached hydrogens (primary N) is 1. The van der Waals surface area contributed by atoms with Crippen molar-refractivity contribution in [3.05, 3.63) is 30.5 Å². The van der Waals surface area contributed by atoms with Crippen LogP contribution < -0.4 is 11.1 Å². The predicted octanol–water partition coefficient (Wildman–Crippen LogP) is 1.16. The number of rotatable bonds is 3. The van der Waals surface area contributed by atoms with Crippen LogP contribution in [0.4, 0.5) is 11.8 Å². The van der Waals surface area contributed by atoms with Crippen LogP contribution in [0.2, 0.25) is 0 Å². The van der Waals surface area contributed by atoms with Crippen LogP contribution in [-0.2, 0) is 4.74 Å². The van der Waals surface area contributed by atoms with Gasteiger partial charge in [0.1, 0.15) is 5.82 Å². The Bertz CT molecular complexity index is 851. The number of benzene rings is 1. The van der Waals surface area contributed by atoms with Crippen molar-refractivity contribution in [3.8, 4) is 11.3 Å². The number of aliphatic hydroxyl groups excluding tert-OH is 1. The minimum Gasteiger partial charge on any atom is -0.391 e. The van der Waals surface area contributed by atoms with Gasteiger partial charge in [-0.1, -0.05) is 6.07 Å². The smallest absolute Gasteiger partial charge is 0.222 e. The molecule has 124 valence electrons. The molecule has 8 heteroatoms. The first-order valence-electron chi connectivity index (χ1n) is 7.80. The van der Waals surface area contributed by atoms with E-state index in [4.69, 9.17) is 10.5 Å². The zero-order valence-corrected chi connectivity index (χ0v) is 12.9. The molecule has 0 saturated carbocycles. The Hall–Kier alpha value is -2.71. The molecule has 1 aromatic carbocycles. The first-order chi connectivity index (χ1) is 11.7. The van der Waals surface area contributed by atoms with Crippen molar-refractivity contribution in [2.45, 2.75) is 18.6 Å². The molecule has 0 spiro atoms. The summed E-state index contributed by atoms with van der Waals surface area (Å²) in [6.07, 6.45) is 1.82. The normalized spacial score (nSPS) is 21.0. The lowest BCUT2D eigenvalue weighted by Gasteiger charge is -2.29. The molecule has 3 heterocycles. The van der Waals surface area contributed by atoms with E-state index in [1.165, 1.54) is 0 Å². The van der Waals surface area contributed by atoms with Gasteiger partial charge < -0.3 is 20.9 Å². The molecule has 1 fully saturated rings. The minimum absolute atomic E-state index is 0.179. The van der Waals surface area contributed by atoms with E-state index in [1.807, 2.05) is 24.3 Å². The van der Waals surface area contributed by atoms with E-state index < -0.39 is 6.10 Å². The highest BCUT2D eigenvalue weighted by Gasteiger charge is 2.24. The summed E-state index contributed by atoms with van der Waals surface area (Å²) in [5.41, 5.74) is 8.45. The molecule has 1 saturated heterocycles. The molecule has 0 bridgehead atoms. The molecule has 5 N–H and O–H groups in total. The lowest BCUT2D eigenvalue weighted by molar-refractivity contribution is 0.00309. The molecule has 0 amide bonds. The van der Waals surface area contributed by atoms with E-state index in [0.717, 1.165) is 22.2 Å². The number of nitrogen functional groups attached to an aromatic ring is 1. The average molecular weight is 326 g/mol. The van der Waals surface area contributed by atoms with Gasteiger partial charge in [0.05, 0.1) is 30.0 Å². The number of ether oxygens (including phenoxy) is 1. The molecule has 0 unspecified atom stereocenters. The molecule has 2 aromatic heterocycles. The fourth-order valence-corrected chi connectivity index (χ4v) is 2.88. The van der Waals surface area contributed by atoms with Crippen LogP contribution in [0.1, 0.15) is 6.42 Å². The fourth-order valence-electron chi connectivity index (χ4n) is 2.88. The van der Waals surface area contributed by atoms with Gasteiger partial charge in [0.25, 0.3) is 0 Å². The van der Waals surface area contributed by atoms with Crippen LogP contribution in [0.5, 0.6) is 0 Å². The second-order valence-corrected chi connectivity index (χ2v) is 5.81. The summed E-state index contributed by atoms with van der Waals surface area (Å²) in [7, 11) is 0. The Morgan fingerprint density at radius 1 is 1.29 bits per heavy atom. The van der Waals surface area contributed by atoms with E-state index in [-0.39, 0.29) is 12.0 Å². The molecule has 1 aliphatic rings. The Morgan fingerprint density at radius 3 is 3.00 bits per heavy atom. The standard InChI is InChI=1S/C16H18N6O2/c17-16-20-12-7-9(11-3-5-18-22-11)1-2-10(12)15(21-16)19-13-8-24-6-4-14(13)23/h1-3,5,7,13-14,23H,4,6,8H2,(H,18,22)(H3,17,19,20,21)/t13-,14-/m1/s1. The SMILES string of the molecule is Nc1nc(N[C@@H]2COCC[C@H]2O)c2ccc(-c3ccn[nH]3)cc2n1. The summed E-state index contributed by atoms with van der Waals surface area (Å²) in [5, 5.41) is 21.1. The zero-order chi connectivity index (χ0) is 16.5. The Balaban J connectivity index is 1.72. The van der Waals surface area contributed by atoms with E-state index in [9.17, 15) is 5.11 Å². The largest absolute Gasteiger partial charge is 0.391 e. The number of H-pyrrole nitrogens is 1.